The molecule has 1 amide bonds. The minimum absolute atomic E-state index is 0.0987. The molecule has 0 unspecified atom stereocenters. The first kappa shape index (κ1) is 15.1. The average molecular weight is 320 g/mol. The van der Waals surface area contributed by atoms with E-state index in [4.69, 9.17) is 4.52 Å². The zero-order valence-corrected chi connectivity index (χ0v) is 13.5. The lowest BCUT2D eigenvalue weighted by Gasteiger charge is -2.14. The largest absolute Gasteiger partial charge is 0.347 e. The molecule has 22 heavy (non-hydrogen) atoms. The molecule has 2 aromatic heterocycles. The number of nitrogens with zero attached hydrogens (tertiary/aromatic N) is 3. The van der Waals surface area contributed by atoms with Gasteiger partial charge in [-0.05, 0) is 12.8 Å². The Bertz CT molecular complexity index is 629. The number of nitrogens with one attached hydrogen (secondary N) is 1. The summed E-state index contributed by atoms with van der Waals surface area (Å²) in [5.41, 5.74) is 0.572. The van der Waals surface area contributed by atoms with Crippen molar-refractivity contribution in [2.75, 3.05) is 0 Å². The van der Waals surface area contributed by atoms with Gasteiger partial charge < -0.3 is 9.84 Å². The highest BCUT2D eigenvalue weighted by Gasteiger charge is 2.19. The fraction of sp³-hybridized carbons (Fsp3) is 0.600. The summed E-state index contributed by atoms with van der Waals surface area (Å²) >= 11 is 1.31. The van der Waals surface area contributed by atoms with Crippen LogP contribution >= 0.6 is 11.3 Å². The minimum Gasteiger partial charge on any atom is -0.347 e. The van der Waals surface area contributed by atoms with E-state index in [1.165, 1.54) is 37.0 Å². The zero-order chi connectivity index (χ0) is 15.4. The summed E-state index contributed by atoms with van der Waals surface area (Å²) in [6, 6.07) is 0.275. The second kappa shape index (κ2) is 7.00. The Hall–Kier alpha value is -1.76. The lowest BCUT2D eigenvalue weighted by Crippen LogP contribution is -2.34. The molecule has 0 bridgehead atoms. The molecule has 1 aliphatic rings. The maximum Gasteiger partial charge on any atom is 0.280 e. The SMILES string of the molecule is CCc1noc(-c2csc(C(=O)NC3CCCCCC3)n2)n1. The molecule has 0 spiro atoms. The molecular weight excluding hydrogens is 300 g/mol. The summed E-state index contributed by atoms with van der Waals surface area (Å²) in [6.07, 6.45) is 7.75. The fourth-order valence-electron chi connectivity index (χ4n) is 2.65. The number of carbonyl (C=O) groups excluding carboxylic acids is 1. The molecule has 0 atom stereocenters. The van der Waals surface area contributed by atoms with Crippen molar-refractivity contribution in [2.45, 2.75) is 57.9 Å². The number of carbonyl (C=O) groups is 1. The first-order chi connectivity index (χ1) is 10.8. The van der Waals surface area contributed by atoms with Crippen LogP contribution in [0.5, 0.6) is 0 Å². The van der Waals surface area contributed by atoms with Gasteiger partial charge in [0.2, 0.25) is 0 Å². The number of hydrogen-bond acceptors (Lipinski definition) is 6. The van der Waals surface area contributed by atoms with E-state index in [-0.39, 0.29) is 11.9 Å². The summed E-state index contributed by atoms with van der Waals surface area (Å²) in [7, 11) is 0. The third-order valence-electron chi connectivity index (χ3n) is 3.89. The van der Waals surface area contributed by atoms with Gasteiger partial charge in [0.15, 0.2) is 10.8 Å². The van der Waals surface area contributed by atoms with Crippen LogP contribution in [-0.2, 0) is 6.42 Å². The molecular formula is C15H20N4O2S. The molecule has 7 heteroatoms. The normalized spacial score (nSPS) is 16.4. The van der Waals surface area contributed by atoms with Gasteiger partial charge in [-0.3, -0.25) is 4.79 Å². The highest BCUT2D eigenvalue weighted by atomic mass is 32.1. The van der Waals surface area contributed by atoms with Crippen LogP contribution in [0.3, 0.4) is 0 Å². The molecule has 1 saturated carbocycles. The molecule has 3 rings (SSSR count). The standard InChI is InChI=1S/C15H20N4O2S/c1-2-12-18-14(21-19-12)11-9-22-15(17-11)13(20)16-10-7-5-3-4-6-8-10/h9-10H,2-8H2,1H3,(H,16,20). The van der Waals surface area contributed by atoms with Crippen LogP contribution in [-0.4, -0.2) is 27.1 Å². The Morgan fingerprint density at radius 2 is 2.09 bits per heavy atom. The summed E-state index contributed by atoms with van der Waals surface area (Å²) in [5, 5.41) is 9.19. The average Bonchev–Trinajstić information content (AvgIpc) is 3.12. The first-order valence-electron chi connectivity index (χ1n) is 7.85. The van der Waals surface area contributed by atoms with Crippen molar-refractivity contribution in [1.82, 2.24) is 20.4 Å². The van der Waals surface area contributed by atoms with Crippen LogP contribution in [0.15, 0.2) is 9.90 Å². The summed E-state index contributed by atoms with van der Waals surface area (Å²) in [4.78, 5) is 20.9. The number of aryl methyl sites for hydroxylation is 1. The zero-order valence-electron chi connectivity index (χ0n) is 12.7. The molecule has 1 N–H and O–H groups in total. The van der Waals surface area contributed by atoms with Crippen molar-refractivity contribution < 1.29 is 9.32 Å². The van der Waals surface area contributed by atoms with Crippen LogP contribution < -0.4 is 5.32 Å². The predicted molar refractivity (Wildman–Crippen MR) is 83.7 cm³/mol. The van der Waals surface area contributed by atoms with Crippen molar-refractivity contribution in [1.29, 1.82) is 0 Å². The van der Waals surface area contributed by atoms with E-state index in [0.717, 1.165) is 12.8 Å². The lowest BCUT2D eigenvalue weighted by molar-refractivity contribution is 0.0933. The topological polar surface area (TPSA) is 80.9 Å². The first-order valence-corrected chi connectivity index (χ1v) is 8.73. The molecule has 0 radical (unpaired) electrons. The van der Waals surface area contributed by atoms with E-state index in [9.17, 15) is 4.79 Å². The van der Waals surface area contributed by atoms with Crippen LogP contribution in [0.2, 0.25) is 0 Å². The Kier molecular flexibility index (Phi) is 4.82. The van der Waals surface area contributed by atoms with Gasteiger partial charge in [0.25, 0.3) is 11.8 Å². The summed E-state index contributed by atoms with van der Waals surface area (Å²) in [5.74, 6) is 0.924. The van der Waals surface area contributed by atoms with Gasteiger partial charge in [-0.2, -0.15) is 4.98 Å². The van der Waals surface area contributed by atoms with Gasteiger partial charge >= 0.3 is 0 Å². The Labute approximate surface area is 133 Å². The molecule has 2 aromatic rings. The number of thiazole rings is 1. The third-order valence-corrected chi connectivity index (χ3v) is 4.73. The van der Waals surface area contributed by atoms with Gasteiger partial charge in [0.05, 0.1) is 0 Å². The highest BCUT2D eigenvalue weighted by molar-refractivity contribution is 7.12. The van der Waals surface area contributed by atoms with E-state index in [2.05, 4.69) is 20.4 Å². The smallest absolute Gasteiger partial charge is 0.280 e. The molecule has 1 aliphatic carbocycles. The van der Waals surface area contributed by atoms with Crippen molar-refractivity contribution in [3.05, 3.63) is 16.2 Å². The molecule has 0 aromatic carbocycles. The highest BCUT2D eigenvalue weighted by Crippen LogP contribution is 2.22. The van der Waals surface area contributed by atoms with E-state index in [1.54, 1.807) is 5.38 Å². The monoisotopic (exact) mass is 320 g/mol. The fourth-order valence-corrected chi connectivity index (χ4v) is 3.34. The van der Waals surface area contributed by atoms with Crippen molar-refractivity contribution in [3.8, 4) is 11.6 Å². The van der Waals surface area contributed by atoms with E-state index in [0.29, 0.717) is 28.8 Å². The van der Waals surface area contributed by atoms with Gasteiger partial charge in [0, 0.05) is 17.8 Å². The van der Waals surface area contributed by atoms with Crippen LogP contribution in [0.25, 0.3) is 11.6 Å². The number of hydrogen-bond donors (Lipinski definition) is 1. The lowest BCUT2D eigenvalue weighted by atomic mass is 10.1. The molecule has 2 heterocycles. The second-order valence-electron chi connectivity index (χ2n) is 5.57. The van der Waals surface area contributed by atoms with Crippen molar-refractivity contribution in [2.24, 2.45) is 0 Å². The molecule has 118 valence electrons. The van der Waals surface area contributed by atoms with E-state index < -0.39 is 0 Å². The molecule has 0 saturated heterocycles. The molecule has 0 aliphatic heterocycles. The Morgan fingerprint density at radius 3 is 2.77 bits per heavy atom. The van der Waals surface area contributed by atoms with E-state index in [1.807, 2.05) is 6.92 Å². The maximum atomic E-state index is 12.3. The van der Waals surface area contributed by atoms with Gasteiger partial charge in [-0.1, -0.05) is 37.8 Å². The second-order valence-corrected chi connectivity index (χ2v) is 6.43. The van der Waals surface area contributed by atoms with Crippen LogP contribution in [0.1, 0.15) is 61.1 Å². The Balaban J connectivity index is 1.66. The quantitative estimate of drug-likeness (QED) is 0.875. The number of aromatic nitrogens is 3. The van der Waals surface area contributed by atoms with Crippen molar-refractivity contribution >= 4 is 17.2 Å². The van der Waals surface area contributed by atoms with E-state index >= 15 is 0 Å². The predicted octanol–water partition coefficient (Wildman–Crippen LogP) is 3.21. The molecule has 1 fully saturated rings. The maximum absolute atomic E-state index is 12.3. The number of rotatable bonds is 4. The van der Waals surface area contributed by atoms with Gasteiger partial charge in [0.1, 0.15) is 5.69 Å². The van der Waals surface area contributed by atoms with Crippen LogP contribution in [0.4, 0.5) is 0 Å². The third kappa shape index (κ3) is 3.52. The van der Waals surface area contributed by atoms with Gasteiger partial charge in [-0.25, -0.2) is 4.98 Å². The van der Waals surface area contributed by atoms with Gasteiger partial charge in [-0.15, -0.1) is 11.3 Å². The summed E-state index contributed by atoms with van der Waals surface area (Å²) < 4.78 is 5.15. The minimum atomic E-state index is -0.0987. The van der Waals surface area contributed by atoms with Crippen molar-refractivity contribution in [3.63, 3.8) is 0 Å². The summed E-state index contributed by atoms with van der Waals surface area (Å²) in [6.45, 7) is 1.96. The Morgan fingerprint density at radius 1 is 1.32 bits per heavy atom. The number of amides is 1. The molecule has 6 nitrogen and oxygen atoms in total. The van der Waals surface area contributed by atoms with Crippen LogP contribution in [0, 0.1) is 0 Å².